The fourth-order valence-electron chi connectivity index (χ4n) is 13.1. The van der Waals surface area contributed by atoms with E-state index in [4.69, 9.17) is 19.5 Å². The Kier molecular flexibility index (Phi) is 26.9. The lowest BCUT2D eigenvalue weighted by molar-refractivity contribution is -0.138. The first kappa shape index (κ1) is 83.7. The van der Waals surface area contributed by atoms with E-state index in [1.165, 1.54) is 41.7 Å². The minimum atomic E-state index is -4.37. The number of alkyl halides is 6. The molecule has 17 rings (SSSR count). The van der Waals surface area contributed by atoms with Gasteiger partial charge in [-0.05, 0) is 124 Å². The summed E-state index contributed by atoms with van der Waals surface area (Å²) >= 11 is 6.27. The van der Waals surface area contributed by atoms with Gasteiger partial charge in [0.25, 0.3) is 0 Å². The van der Waals surface area contributed by atoms with Crippen LogP contribution in [-0.4, -0.2) is 146 Å². The van der Waals surface area contributed by atoms with Crippen LogP contribution in [0.25, 0.3) is 109 Å². The number of benzene rings is 4. The van der Waals surface area contributed by atoms with E-state index in [1.807, 2.05) is 149 Å². The lowest BCUT2D eigenvalue weighted by Crippen LogP contribution is -2.38. The quantitative estimate of drug-likeness (QED) is 0.0390. The first-order chi connectivity index (χ1) is 57.6. The summed E-state index contributed by atoms with van der Waals surface area (Å²) in [6.45, 7) is 20.2. The molecule has 1 aliphatic heterocycles. The van der Waals surface area contributed by atoms with E-state index in [1.54, 1.807) is 77.1 Å². The number of imidazole rings is 4. The summed E-state index contributed by atoms with van der Waals surface area (Å²) < 4.78 is 116. The zero-order valence-electron chi connectivity index (χ0n) is 65.6. The van der Waals surface area contributed by atoms with Crippen LogP contribution >= 0.6 is 45.3 Å². The van der Waals surface area contributed by atoms with Gasteiger partial charge in [-0.2, -0.15) is 31.6 Å². The molecule has 2 unspecified atom stereocenters. The lowest BCUT2D eigenvalue weighted by Gasteiger charge is -2.26. The molecule has 0 amide bonds. The summed E-state index contributed by atoms with van der Waals surface area (Å²) in [4.78, 5) is 42.0. The van der Waals surface area contributed by atoms with E-state index < -0.39 is 23.5 Å². The van der Waals surface area contributed by atoms with Crippen LogP contribution in [0.4, 0.5) is 51.3 Å². The summed E-state index contributed by atoms with van der Waals surface area (Å²) in [6, 6.07) is 35.5. The molecule has 1 saturated heterocycles. The van der Waals surface area contributed by atoms with E-state index >= 15 is 0 Å². The van der Waals surface area contributed by atoms with Gasteiger partial charge in [0.15, 0.2) is 20.5 Å². The highest BCUT2D eigenvalue weighted by atomic mass is 32.1. The van der Waals surface area contributed by atoms with Gasteiger partial charge in [0.05, 0.1) is 68.7 Å². The molecule has 612 valence electrons. The molecule has 4 aromatic carbocycles. The number of morpholine rings is 1. The van der Waals surface area contributed by atoms with Gasteiger partial charge in [-0.1, -0.05) is 107 Å². The average molecular weight is 1690 g/mol. The maximum atomic E-state index is 14.5. The highest BCUT2D eigenvalue weighted by molar-refractivity contribution is 7.20. The van der Waals surface area contributed by atoms with Gasteiger partial charge < -0.3 is 53.1 Å². The van der Waals surface area contributed by atoms with E-state index in [-0.39, 0.29) is 17.9 Å². The number of hydrogen-bond donors (Lipinski definition) is 4. The molecule has 0 bridgehead atoms. The molecular weight excluding hydrogens is 1610 g/mol. The fraction of sp³-hybridized carbons (Fsp3) is 0.253. The molecule has 3 atom stereocenters. The number of halogens is 7. The van der Waals surface area contributed by atoms with E-state index in [0.29, 0.717) is 66.0 Å². The van der Waals surface area contributed by atoms with Crippen molar-refractivity contribution in [3.05, 3.63) is 243 Å². The predicted molar refractivity (Wildman–Crippen MR) is 460 cm³/mol. The Balaban J connectivity index is 0.000000130. The molecule has 0 radical (unpaired) electrons. The summed E-state index contributed by atoms with van der Waals surface area (Å²) in [7, 11) is 0. The number of aromatic nitrogens is 12. The highest BCUT2D eigenvalue weighted by Crippen LogP contribution is 2.41. The molecule has 21 nitrogen and oxygen atoms in total. The Morgan fingerprint density at radius 2 is 0.815 bits per heavy atom. The standard InChI is InChI=1S/C22H21F3N4OS.C22H22FN5OS.C22H21N5OS.C21H19F3N4S/c1-3-30-13-14(2)28-21-27-11-19(31-21)16-10-18(20-26-8-9-29(20)12-16)15-4-6-17(7-5-15)22(23,24)25;23-19-4-2-1-3-17(19)18-13-16(15-28-8-6-24-21(18)28)20-14-26-22(30-20)25-5-7-27-9-11-29-12-10-27;1-3-28-14-15(2)26-22-25-12-20(29-22)18-10-19(21-24-8-9-27(21)13-18)17-6-4-16(11-23)5-7-17;1-3-13(2)27-20-26-11-18(29-20)15-10-17(19-25-8-9-28(19)12-15)14-4-6-16(7-5-14)21(22,23)24/h4-12,14H,3,13H2,1-2H3,(H,27,28);1-4,6,8,13-15H,5,7,9-12H2,(H,25,26);4-10,12-13,15H,3,14H2,1-2H3,(H,25,26);4-13H,3H2,1-2H3,(H,26,27)/t;;;13-/m...1/s1. The number of anilines is 4. The second-order valence-electron chi connectivity index (χ2n) is 27.9. The van der Waals surface area contributed by atoms with Crippen molar-refractivity contribution >= 4 is 88.5 Å². The molecular formula is C87H83F7N18O3S4. The number of nitriles is 1. The SMILES string of the molecule is CCOCC(C)Nc1ncc(-c2cc(-c3ccc(C#N)cc3)c3nccn3c2)s1.CCOCC(C)Nc1ncc(-c2cc(-c3ccc(C(F)(F)F)cc3)c3nccn3c2)s1.CC[C@@H](C)Nc1ncc(-c2cc(-c3ccc(C(F)(F)F)cc3)c3nccn3c2)s1.Fc1ccccc1-c1cc(-c2cnc(NCCN3CCOCC3)s2)cn2ccnc12. The fourth-order valence-corrected chi connectivity index (χ4v) is 16.6. The Morgan fingerprint density at radius 3 is 1.19 bits per heavy atom. The maximum absolute atomic E-state index is 14.5. The van der Waals surface area contributed by atoms with Gasteiger partial charge in [-0.25, -0.2) is 44.3 Å². The molecule has 119 heavy (non-hydrogen) atoms. The summed E-state index contributed by atoms with van der Waals surface area (Å²) in [6.07, 6.45) is 21.9. The van der Waals surface area contributed by atoms with Gasteiger partial charge in [-0.3, -0.25) is 4.90 Å². The van der Waals surface area contributed by atoms with Crippen molar-refractivity contribution in [1.82, 2.24) is 62.4 Å². The minimum absolute atomic E-state index is 0.123. The Morgan fingerprint density at radius 1 is 0.454 bits per heavy atom. The van der Waals surface area contributed by atoms with Crippen LogP contribution < -0.4 is 21.3 Å². The molecule has 13 heterocycles. The van der Waals surface area contributed by atoms with Crippen molar-refractivity contribution in [1.29, 1.82) is 5.26 Å². The summed E-state index contributed by atoms with van der Waals surface area (Å²) in [5.41, 5.74) is 12.4. The Hall–Kier alpha value is -11.8. The molecule has 1 fully saturated rings. The Labute approximate surface area is 697 Å². The minimum Gasteiger partial charge on any atom is -0.380 e. The molecule has 12 aromatic heterocycles. The molecule has 4 N–H and O–H groups in total. The van der Waals surface area contributed by atoms with Crippen LogP contribution in [-0.2, 0) is 26.6 Å². The van der Waals surface area contributed by atoms with Gasteiger partial charge in [0.1, 0.15) is 28.4 Å². The number of nitrogens with zero attached hydrogens (tertiary/aromatic N) is 14. The number of nitrogens with one attached hydrogen (secondary N) is 4. The van der Waals surface area contributed by atoms with Gasteiger partial charge >= 0.3 is 12.4 Å². The monoisotopic (exact) mass is 1690 g/mol. The van der Waals surface area contributed by atoms with Gasteiger partial charge in [-0.15, -0.1) is 0 Å². The van der Waals surface area contributed by atoms with Crippen LogP contribution in [0.5, 0.6) is 0 Å². The second kappa shape index (κ2) is 38.3. The number of pyridine rings is 4. The van der Waals surface area contributed by atoms with Crippen molar-refractivity contribution in [2.45, 2.75) is 78.4 Å². The first-order valence-electron chi connectivity index (χ1n) is 38.5. The van der Waals surface area contributed by atoms with E-state index in [9.17, 15) is 30.7 Å². The highest BCUT2D eigenvalue weighted by Gasteiger charge is 2.32. The average Bonchev–Trinajstić information content (AvgIpc) is 1.65. The topological polar surface area (TPSA) is 224 Å². The van der Waals surface area contributed by atoms with Crippen molar-refractivity contribution in [3.8, 4) is 92.3 Å². The third-order valence-corrected chi connectivity index (χ3v) is 23.3. The second-order valence-corrected chi connectivity index (χ2v) is 32.0. The molecule has 0 saturated carbocycles. The van der Waals surface area contributed by atoms with Gasteiger partial charge in [0, 0.05) is 207 Å². The first-order valence-corrected chi connectivity index (χ1v) is 41.7. The number of fused-ring (bicyclic) bond motifs is 4. The number of ether oxygens (including phenoxy) is 3. The van der Waals surface area contributed by atoms with Gasteiger partial charge in [0.2, 0.25) is 0 Å². The number of rotatable bonds is 25. The van der Waals surface area contributed by atoms with Crippen molar-refractivity contribution in [3.63, 3.8) is 0 Å². The smallest absolute Gasteiger partial charge is 0.380 e. The van der Waals surface area contributed by atoms with E-state index in [2.05, 4.69) is 105 Å². The van der Waals surface area contributed by atoms with Crippen molar-refractivity contribution in [2.75, 3.05) is 87.1 Å². The molecule has 0 spiro atoms. The predicted octanol–water partition coefficient (Wildman–Crippen LogP) is 21.2. The lowest BCUT2D eigenvalue weighted by atomic mass is 10.0. The molecule has 0 aliphatic carbocycles. The molecule has 32 heteroatoms. The number of thiazole rings is 4. The third-order valence-electron chi connectivity index (χ3n) is 19.3. The Bertz CT molecular complexity index is 6080. The zero-order valence-corrected chi connectivity index (χ0v) is 68.8. The van der Waals surface area contributed by atoms with Crippen LogP contribution in [0.2, 0.25) is 0 Å². The third kappa shape index (κ3) is 20.8. The largest absolute Gasteiger partial charge is 0.416 e. The number of hydrogen-bond acceptors (Lipinski definition) is 21. The molecule has 16 aromatic rings. The van der Waals surface area contributed by atoms with Crippen LogP contribution in [0, 0.1) is 17.1 Å². The zero-order chi connectivity index (χ0) is 83.2. The van der Waals surface area contributed by atoms with E-state index in [0.717, 1.165) is 171 Å². The summed E-state index contributed by atoms with van der Waals surface area (Å²) in [5.74, 6) is -0.255. The molecule has 1 aliphatic rings. The van der Waals surface area contributed by atoms with Crippen molar-refractivity contribution in [2.24, 2.45) is 0 Å². The maximum Gasteiger partial charge on any atom is 0.416 e. The summed E-state index contributed by atoms with van der Waals surface area (Å²) in [5, 5.41) is 25.9. The normalized spacial score (nSPS) is 13.2. The van der Waals surface area contributed by atoms with Crippen LogP contribution in [0.1, 0.15) is 64.7 Å². The van der Waals surface area contributed by atoms with Crippen molar-refractivity contribution < 1.29 is 44.9 Å². The van der Waals surface area contributed by atoms with Crippen LogP contribution in [0.15, 0.2) is 220 Å². The van der Waals surface area contributed by atoms with Crippen LogP contribution in [0.3, 0.4) is 0 Å².